The van der Waals surface area contributed by atoms with Gasteiger partial charge < -0.3 is 14.8 Å². The minimum Gasteiger partial charge on any atom is -0.439 e. The van der Waals surface area contributed by atoms with E-state index in [1.165, 1.54) is 18.5 Å². The molecular weight excluding hydrogens is 519 g/mol. The van der Waals surface area contributed by atoms with Gasteiger partial charge in [-0.3, -0.25) is 4.79 Å². The Morgan fingerprint density at radius 3 is 2.58 bits per heavy atom. The highest BCUT2D eigenvalue weighted by Gasteiger charge is 2.32. The fourth-order valence-corrected chi connectivity index (χ4v) is 4.55. The number of fused-ring (bicyclic) bond motifs is 1. The highest BCUT2D eigenvalue weighted by atomic mass is 19.4. The van der Waals surface area contributed by atoms with Gasteiger partial charge in [-0.25, -0.2) is 9.97 Å². The van der Waals surface area contributed by atoms with E-state index in [0.29, 0.717) is 30.5 Å². The van der Waals surface area contributed by atoms with Gasteiger partial charge in [-0.1, -0.05) is 61.5 Å². The first-order valence-corrected chi connectivity index (χ1v) is 12.7. The molecule has 0 aliphatic heterocycles. The smallest absolute Gasteiger partial charge is 0.416 e. The number of halogens is 3. The number of carbonyl (C=O) groups is 1. The van der Waals surface area contributed by atoms with E-state index in [4.69, 9.17) is 9.47 Å². The third-order valence-electron chi connectivity index (χ3n) is 6.52. The molecule has 9 heteroatoms. The van der Waals surface area contributed by atoms with Crippen LogP contribution in [0.2, 0.25) is 0 Å². The number of allylic oxidation sites excluding steroid dienone is 1. The molecular formula is C31H26F3N3O3. The monoisotopic (exact) mass is 545 g/mol. The SMILES string of the molecule is CC1C=Cc2cc(Oc3cc(COCc4ccccc4)ncn3)ccc2C1C(=O)Nc1cccc(C(F)(F)F)c1. The number of nitrogens with one attached hydrogen (secondary N) is 1. The molecule has 40 heavy (non-hydrogen) atoms. The second-order valence-electron chi connectivity index (χ2n) is 9.48. The van der Waals surface area contributed by atoms with Crippen molar-refractivity contribution in [2.75, 3.05) is 5.32 Å². The van der Waals surface area contributed by atoms with Gasteiger partial charge in [-0.2, -0.15) is 13.2 Å². The Balaban J connectivity index is 1.27. The number of alkyl halides is 3. The highest BCUT2D eigenvalue weighted by molar-refractivity contribution is 5.97. The van der Waals surface area contributed by atoms with Crippen LogP contribution in [0.25, 0.3) is 6.08 Å². The molecule has 0 radical (unpaired) electrons. The van der Waals surface area contributed by atoms with Crippen molar-refractivity contribution in [1.82, 2.24) is 9.97 Å². The predicted octanol–water partition coefficient (Wildman–Crippen LogP) is 7.39. The van der Waals surface area contributed by atoms with Crippen molar-refractivity contribution in [3.8, 4) is 11.6 Å². The zero-order valence-electron chi connectivity index (χ0n) is 21.6. The average Bonchev–Trinajstić information content (AvgIpc) is 2.93. The van der Waals surface area contributed by atoms with Crippen molar-refractivity contribution in [2.45, 2.75) is 32.2 Å². The van der Waals surface area contributed by atoms with Crippen molar-refractivity contribution in [2.24, 2.45) is 5.92 Å². The van der Waals surface area contributed by atoms with Gasteiger partial charge in [0, 0.05) is 11.8 Å². The highest BCUT2D eigenvalue weighted by Crippen LogP contribution is 2.38. The summed E-state index contributed by atoms with van der Waals surface area (Å²) in [4.78, 5) is 21.6. The van der Waals surface area contributed by atoms with E-state index >= 15 is 0 Å². The molecule has 5 rings (SSSR count). The van der Waals surface area contributed by atoms with Crippen molar-refractivity contribution in [3.05, 3.63) is 119 Å². The maximum atomic E-state index is 13.2. The van der Waals surface area contributed by atoms with E-state index in [-0.39, 0.29) is 17.5 Å². The van der Waals surface area contributed by atoms with Crippen LogP contribution in [0, 0.1) is 5.92 Å². The van der Waals surface area contributed by atoms with Gasteiger partial charge >= 0.3 is 6.18 Å². The summed E-state index contributed by atoms with van der Waals surface area (Å²) >= 11 is 0. The number of ether oxygens (including phenoxy) is 2. The summed E-state index contributed by atoms with van der Waals surface area (Å²) in [6.45, 7) is 2.64. The fraction of sp³-hybridized carbons (Fsp3) is 0.194. The molecule has 0 spiro atoms. The van der Waals surface area contributed by atoms with Crippen LogP contribution in [-0.4, -0.2) is 15.9 Å². The van der Waals surface area contributed by atoms with Gasteiger partial charge in [0.25, 0.3) is 0 Å². The molecule has 2 unspecified atom stereocenters. The number of anilines is 1. The minimum atomic E-state index is -4.50. The Morgan fingerprint density at radius 2 is 1.77 bits per heavy atom. The molecule has 1 aliphatic rings. The van der Waals surface area contributed by atoms with Crippen LogP contribution >= 0.6 is 0 Å². The van der Waals surface area contributed by atoms with E-state index in [0.717, 1.165) is 28.8 Å². The number of nitrogens with zero attached hydrogens (tertiary/aromatic N) is 2. The molecule has 0 bridgehead atoms. The summed E-state index contributed by atoms with van der Waals surface area (Å²) in [5.74, 6) is -0.270. The molecule has 0 fully saturated rings. The summed E-state index contributed by atoms with van der Waals surface area (Å²) in [6.07, 6.45) is 0.716. The predicted molar refractivity (Wildman–Crippen MR) is 144 cm³/mol. The van der Waals surface area contributed by atoms with E-state index in [1.807, 2.05) is 49.4 Å². The molecule has 0 saturated heterocycles. The van der Waals surface area contributed by atoms with Gasteiger partial charge in [0.1, 0.15) is 12.1 Å². The molecule has 6 nitrogen and oxygen atoms in total. The van der Waals surface area contributed by atoms with Gasteiger partial charge in [0.05, 0.1) is 30.4 Å². The standard InChI is InChI=1S/C31H26F3N3O3/c1-20-10-11-22-14-26(40-28-16-25(35-19-36-28)18-39-17-21-6-3-2-4-7-21)12-13-27(22)29(20)30(38)37-24-9-5-8-23(15-24)31(32,33)34/h2-16,19-20,29H,17-18H2,1H3,(H,37,38). The Hall–Kier alpha value is -4.50. The lowest BCUT2D eigenvalue weighted by Crippen LogP contribution is -2.27. The molecule has 1 aromatic heterocycles. The van der Waals surface area contributed by atoms with Crippen LogP contribution in [-0.2, 0) is 28.9 Å². The minimum absolute atomic E-state index is 0.0930. The fourth-order valence-electron chi connectivity index (χ4n) is 4.55. The average molecular weight is 546 g/mol. The molecule has 1 aliphatic carbocycles. The molecule has 1 heterocycles. The number of hydrogen-bond donors (Lipinski definition) is 1. The third-order valence-corrected chi connectivity index (χ3v) is 6.52. The Bertz CT molecular complexity index is 1520. The summed E-state index contributed by atoms with van der Waals surface area (Å²) < 4.78 is 51.0. The summed E-state index contributed by atoms with van der Waals surface area (Å²) in [6, 6.07) is 21.5. The zero-order chi connectivity index (χ0) is 28.1. The first-order valence-electron chi connectivity index (χ1n) is 12.7. The lowest BCUT2D eigenvalue weighted by molar-refractivity contribution is -0.137. The number of carbonyl (C=O) groups excluding carboxylic acids is 1. The number of rotatable bonds is 8. The van der Waals surface area contributed by atoms with E-state index in [9.17, 15) is 18.0 Å². The van der Waals surface area contributed by atoms with Crippen molar-refractivity contribution in [1.29, 1.82) is 0 Å². The topological polar surface area (TPSA) is 73.3 Å². The maximum Gasteiger partial charge on any atom is 0.416 e. The second-order valence-corrected chi connectivity index (χ2v) is 9.48. The Kier molecular flexibility index (Phi) is 7.93. The summed E-state index contributed by atoms with van der Waals surface area (Å²) in [5.41, 5.74) is 2.53. The van der Waals surface area contributed by atoms with Crippen molar-refractivity contribution < 1.29 is 27.4 Å². The molecule has 1 amide bonds. The molecule has 1 N–H and O–H groups in total. The number of benzene rings is 3. The number of hydrogen-bond acceptors (Lipinski definition) is 5. The molecule has 4 aromatic rings. The van der Waals surface area contributed by atoms with Gasteiger partial charge in [0.2, 0.25) is 11.8 Å². The molecule has 3 aromatic carbocycles. The lowest BCUT2D eigenvalue weighted by Gasteiger charge is -2.27. The maximum absolute atomic E-state index is 13.2. The van der Waals surface area contributed by atoms with Gasteiger partial charge in [0.15, 0.2) is 0 Å². The van der Waals surface area contributed by atoms with E-state index in [2.05, 4.69) is 15.3 Å². The summed E-state index contributed by atoms with van der Waals surface area (Å²) in [7, 11) is 0. The van der Waals surface area contributed by atoms with Crippen molar-refractivity contribution in [3.63, 3.8) is 0 Å². The number of amides is 1. The van der Waals surface area contributed by atoms with Crippen LogP contribution in [0.15, 0.2) is 91.3 Å². The number of aromatic nitrogens is 2. The second kappa shape index (κ2) is 11.7. The first kappa shape index (κ1) is 27.1. The largest absolute Gasteiger partial charge is 0.439 e. The molecule has 2 atom stereocenters. The molecule has 204 valence electrons. The summed E-state index contributed by atoms with van der Waals surface area (Å²) in [5, 5.41) is 2.65. The first-order chi connectivity index (χ1) is 19.3. The van der Waals surface area contributed by atoms with Crippen LogP contribution in [0.3, 0.4) is 0 Å². The zero-order valence-corrected chi connectivity index (χ0v) is 21.6. The normalized spacial score (nSPS) is 16.3. The lowest BCUT2D eigenvalue weighted by atomic mass is 9.79. The quantitative estimate of drug-likeness (QED) is 0.250. The molecule has 0 saturated carbocycles. The Labute approximate surface area is 229 Å². The van der Waals surface area contributed by atoms with Gasteiger partial charge in [-0.05, 0) is 52.9 Å². The van der Waals surface area contributed by atoms with Crippen LogP contribution in [0.1, 0.15) is 40.8 Å². The third kappa shape index (κ3) is 6.55. The van der Waals surface area contributed by atoms with Gasteiger partial charge in [-0.15, -0.1) is 0 Å². The van der Waals surface area contributed by atoms with Crippen LogP contribution in [0.5, 0.6) is 11.6 Å². The van der Waals surface area contributed by atoms with Crippen LogP contribution in [0.4, 0.5) is 18.9 Å². The van der Waals surface area contributed by atoms with Crippen molar-refractivity contribution >= 4 is 17.7 Å². The Morgan fingerprint density at radius 1 is 0.950 bits per heavy atom. The van der Waals surface area contributed by atoms with Crippen LogP contribution < -0.4 is 10.1 Å². The van der Waals surface area contributed by atoms with E-state index < -0.39 is 17.7 Å². The van der Waals surface area contributed by atoms with E-state index in [1.54, 1.807) is 24.3 Å².